The summed E-state index contributed by atoms with van der Waals surface area (Å²) in [6.07, 6.45) is 3.53. The number of ketones is 1. The summed E-state index contributed by atoms with van der Waals surface area (Å²) >= 11 is 0. The normalized spacial score (nSPS) is 33.1. The Balaban J connectivity index is 1.57. The number of hydrogen-bond acceptors (Lipinski definition) is 8. The summed E-state index contributed by atoms with van der Waals surface area (Å²) in [7, 11) is 0. The summed E-state index contributed by atoms with van der Waals surface area (Å²) in [6, 6.07) is 6.37. The number of hydrogen-bond donors (Lipinski definition) is 4. The molecular weight excluding hydrogens is 539 g/mol. The standard InChI is InChI=1S/C32H45FN4O5/c1-18-8-7-12-32(6)26(35-32)16-25(42-28(39)17-27(38)31(4,5)30(41)20(3)29(18)40)19(2)14-21-11-13-37(36-21)22-9-10-24(34)23(33)15-22/h9-11,13-15,18,20,25-27,29,35,38,40H,7-8,12,16-17,34H2,1-6H3/b19-14+/t18-,20+,25-,26-,27-,29-,32+/m0/s1. The van der Waals surface area contributed by atoms with Crippen molar-refractivity contribution in [3.8, 4) is 5.69 Å². The number of rotatable bonds is 3. The number of nitrogens with one attached hydrogen (secondary N) is 1. The molecule has 10 heteroatoms. The lowest BCUT2D eigenvalue weighted by Crippen LogP contribution is -2.45. The van der Waals surface area contributed by atoms with Crippen LogP contribution in [0.4, 0.5) is 10.1 Å². The van der Waals surface area contributed by atoms with Crippen LogP contribution in [0.1, 0.15) is 79.3 Å². The Morgan fingerprint density at radius 3 is 2.62 bits per heavy atom. The maximum absolute atomic E-state index is 14.0. The van der Waals surface area contributed by atoms with Crippen molar-refractivity contribution in [1.29, 1.82) is 0 Å². The third-order valence-corrected chi connectivity index (χ3v) is 9.35. The summed E-state index contributed by atoms with van der Waals surface area (Å²) in [5.41, 5.74) is 6.17. The van der Waals surface area contributed by atoms with Gasteiger partial charge in [-0.25, -0.2) is 9.07 Å². The first-order chi connectivity index (χ1) is 19.6. The van der Waals surface area contributed by atoms with Gasteiger partial charge in [0.15, 0.2) is 0 Å². The van der Waals surface area contributed by atoms with Gasteiger partial charge in [-0.3, -0.25) is 9.59 Å². The number of aliphatic hydroxyl groups is 2. The largest absolute Gasteiger partial charge is 0.458 e. The lowest BCUT2D eigenvalue weighted by Gasteiger charge is -2.34. The number of nitrogen functional groups attached to an aromatic ring is 1. The molecule has 2 aromatic rings. The number of fused-ring (bicyclic) bond motifs is 1. The molecule has 0 unspecified atom stereocenters. The quantitative estimate of drug-likeness (QED) is 0.238. The molecule has 4 rings (SSSR count). The van der Waals surface area contributed by atoms with Crippen molar-refractivity contribution < 1.29 is 28.9 Å². The minimum Gasteiger partial charge on any atom is -0.458 e. The minimum absolute atomic E-state index is 0.0591. The van der Waals surface area contributed by atoms with Gasteiger partial charge in [0.2, 0.25) is 0 Å². The number of carbonyl (C=O) groups excluding carboxylic acids is 2. The fourth-order valence-electron chi connectivity index (χ4n) is 5.99. The topological polar surface area (TPSA) is 150 Å². The van der Waals surface area contributed by atoms with E-state index in [1.807, 2.05) is 19.9 Å². The summed E-state index contributed by atoms with van der Waals surface area (Å²) in [4.78, 5) is 26.5. The van der Waals surface area contributed by atoms with E-state index >= 15 is 0 Å². The molecule has 3 heterocycles. The summed E-state index contributed by atoms with van der Waals surface area (Å²) in [5.74, 6) is -2.19. The number of esters is 1. The summed E-state index contributed by atoms with van der Waals surface area (Å²) < 4.78 is 21.5. The van der Waals surface area contributed by atoms with Crippen LogP contribution in [-0.2, 0) is 14.3 Å². The highest BCUT2D eigenvalue weighted by Crippen LogP contribution is 2.38. The number of carbonyl (C=O) groups is 2. The van der Waals surface area contributed by atoms with Crippen LogP contribution in [0.2, 0.25) is 0 Å². The van der Waals surface area contributed by atoms with Gasteiger partial charge in [0.1, 0.15) is 17.7 Å². The van der Waals surface area contributed by atoms with Gasteiger partial charge in [-0.1, -0.05) is 34.1 Å². The molecule has 2 saturated heterocycles. The molecule has 0 spiro atoms. The van der Waals surface area contributed by atoms with E-state index in [9.17, 15) is 24.2 Å². The highest BCUT2D eigenvalue weighted by Gasteiger charge is 2.50. The van der Waals surface area contributed by atoms with Crippen LogP contribution >= 0.6 is 0 Å². The van der Waals surface area contributed by atoms with E-state index in [0.717, 1.165) is 24.8 Å². The lowest BCUT2D eigenvalue weighted by atomic mass is 9.73. The van der Waals surface area contributed by atoms with E-state index in [2.05, 4.69) is 17.3 Å². The Hall–Kier alpha value is -3.08. The molecular formula is C32H45FN4O5. The van der Waals surface area contributed by atoms with Gasteiger partial charge in [0.25, 0.3) is 0 Å². The van der Waals surface area contributed by atoms with Crippen molar-refractivity contribution in [3.63, 3.8) is 0 Å². The number of nitrogens with two attached hydrogens (primary N) is 1. The van der Waals surface area contributed by atoms with E-state index in [4.69, 9.17) is 10.5 Å². The Morgan fingerprint density at radius 1 is 1.21 bits per heavy atom. The first-order valence-electron chi connectivity index (χ1n) is 14.8. The molecule has 9 nitrogen and oxygen atoms in total. The van der Waals surface area contributed by atoms with E-state index in [0.29, 0.717) is 17.8 Å². The number of benzene rings is 1. The van der Waals surface area contributed by atoms with E-state index < -0.39 is 41.4 Å². The zero-order chi connectivity index (χ0) is 31.0. The fourth-order valence-corrected chi connectivity index (χ4v) is 5.99. The maximum atomic E-state index is 14.0. The van der Waals surface area contributed by atoms with Crippen molar-refractivity contribution in [2.75, 3.05) is 5.73 Å². The van der Waals surface area contributed by atoms with Gasteiger partial charge < -0.3 is 26.0 Å². The number of aliphatic hydroxyl groups excluding tert-OH is 2. The van der Waals surface area contributed by atoms with Crippen molar-refractivity contribution in [1.82, 2.24) is 15.1 Å². The zero-order valence-corrected chi connectivity index (χ0v) is 25.4. The average Bonchev–Trinajstić information content (AvgIpc) is 3.32. The zero-order valence-electron chi connectivity index (χ0n) is 25.4. The van der Waals surface area contributed by atoms with E-state index in [1.54, 1.807) is 43.8 Å². The SMILES string of the molecule is C/C(=C\c1ccn(-c2ccc(N)c(F)c2)n1)[C@@H]1C[C@@H]2N[C@]2(C)CCC[C@H](C)[C@H](O)[C@@H](C)C(=O)C(C)(C)[C@@H](O)CC(=O)O1. The monoisotopic (exact) mass is 584 g/mol. The molecule has 2 aliphatic heterocycles. The molecule has 0 saturated carbocycles. The second-order valence-electron chi connectivity index (χ2n) is 13.1. The first-order valence-corrected chi connectivity index (χ1v) is 14.8. The lowest BCUT2D eigenvalue weighted by molar-refractivity contribution is -0.154. The number of ether oxygens (including phenoxy) is 1. The number of Topliss-reactive ketones (excluding diaryl/α,β-unsaturated/α-hetero) is 1. The molecule has 0 aliphatic carbocycles. The van der Waals surface area contributed by atoms with E-state index in [1.165, 1.54) is 12.1 Å². The van der Waals surface area contributed by atoms with Crippen molar-refractivity contribution in [2.45, 2.75) is 104 Å². The second kappa shape index (κ2) is 12.3. The molecule has 7 atom stereocenters. The Kier molecular flexibility index (Phi) is 9.30. The van der Waals surface area contributed by atoms with Crippen LogP contribution in [0.5, 0.6) is 0 Å². The molecule has 1 aromatic heterocycles. The van der Waals surface area contributed by atoms with Crippen LogP contribution < -0.4 is 11.1 Å². The van der Waals surface area contributed by atoms with Crippen molar-refractivity contribution >= 4 is 23.5 Å². The number of cyclic esters (lactones) is 1. The maximum Gasteiger partial charge on any atom is 0.309 e. The van der Waals surface area contributed by atoms with E-state index in [-0.39, 0.29) is 35.4 Å². The van der Waals surface area contributed by atoms with Crippen LogP contribution in [0.3, 0.4) is 0 Å². The van der Waals surface area contributed by atoms with Crippen molar-refractivity contribution in [3.05, 3.63) is 47.5 Å². The smallest absolute Gasteiger partial charge is 0.309 e. The van der Waals surface area contributed by atoms with Gasteiger partial charge in [0, 0.05) is 36.2 Å². The number of nitrogens with zero attached hydrogens (tertiary/aromatic N) is 2. The van der Waals surface area contributed by atoms with Gasteiger partial charge >= 0.3 is 5.97 Å². The molecule has 1 aromatic carbocycles. The van der Waals surface area contributed by atoms with Crippen LogP contribution in [-0.4, -0.2) is 61.6 Å². The third kappa shape index (κ3) is 6.93. The number of halogens is 1. The Morgan fingerprint density at radius 2 is 1.93 bits per heavy atom. The van der Waals surface area contributed by atoms with Crippen LogP contribution in [0.15, 0.2) is 36.0 Å². The molecule has 42 heavy (non-hydrogen) atoms. The average molecular weight is 585 g/mol. The highest BCUT2D eigenvalue weighted by molar-refractivity contribution is 5.88. The van der Waals surface area contributed by atoms with Crippen LogP contribution in [0, 0.1) is 23.1 Å². The summed E-state index contributed by atoms with van der Waals surface area (Å²) in [5, 5.41) is 30.0. The van der Waals surface area contributed by atoms with Gasteiger partial charge in [-0.05, 0) is 62.5 Å². The molecule has 230 valence electrons. The molecule has 5 N–H and O–H groups in total. The third-order valence-electron chi connectivity index (χ3n) is 9.35. The predicted octanol–water partition coefficient (Wildman–Crippen LogP) is 4.19. The molecule has 0 radical (unpaired) electrons. The predicted molar refractivity (Wildman–Crippen MR) is 159 cm³/mol. The summed E-state index contributed by atoms with van der Waals surface area (Å²) in [6.45, 7) is 10.9. The fraction of sp³-hybridized carbons (Fsp3) is 0.594. The Labute approximate surface area is 247 Å². The van der Waals surface area contributed by atoms with Gasteiger partial charge in [-0.15, -0.1) is 0 Å². The number of aromatic nitrogens is 2. The van der Waals surface area contributed by atoms with Crippen molar-refractivity contribution in [2.24, 2.45) is 17.3 Å². The molecule has 0 bridgehead atoms. The molecule has 2 fully saturated rings. The van der Waals surface area contributed by atoms with Gasteiger partial charge in [-0.2, -0.15) is 5.10 Å². The molecule has 2 aliphatic rings. The number of anilines is 1. The molecule has 0 amide bonds. The Bertz CT molecular complexity index is 1340. The van der Waals surface area contributed by atoms with Crippen LogP contribution in [0.25, 0.3) is 11.8 Å². The minimum atomic E-state index is -1.28. The van der Waals surface area contributed by atoms with Gasteiger partial charge in [0.05, 0.1) is 41.1 Å². The second-order valence-corrected chi connectivity index (χ2v) is 13.1. The first kappa shape index (κ1) is 31.8. The highest BCUT2D eigenvalue weighted by atomic mass is 19.1.